The third kappa shape index (κ3) is 3.17. The Kier molecular flexibility index (Phi) is 4.74. The van der Waals surface area contributed by atoms with Gasteiger partial charge >= 0.3 is 5.97 Å². The fourth-order valence-corrected chi connectivity index (χ4v) is 2.73. The third-order valence-corrected chi connectivity index (χ3v) is 3.86. The molecule has 106 valence electrons. The van der Waals surface area contributed by atoms with Crippen molar-refractivity contribution in [1.82, 2.24) is 4.98 Å². The minimum atomic E-state index is -0.306. The average Bonchev–Trinajstić information content (AvgIpc) is 2.82. The quantitative estimate of drug-likeness (QED) is 0.788. The van der Waals surface area contributed by atoms with Crippen molar-refractivity contribution in [2.24, 2.45) is 0 Å². The Morgan fingerprint density at radius 1 is 1.20 bits per heavy atom. The summed E-state index contributed by atoms with van der Waals surface area (Å²) in [5, 5.41) is 0.814. The lowest BCUT2D eigenvalue weighted by Gasteiger charge is -2.02. The molecule has 0 radical (unpaired) electrons. The molecule has 5 heteroatoms. The van der Waals surface area contributed by atoms with Crippen molar-refractivity contribution < 1.29 is 14.3 Å². The summed E-state index contributed by atoms with van der Waals surface area (Å²) in [7, 11) is 0. The molecule has 4 nitrogen and oxygen atoms in total. The number of esters is 1. The lowest BCUT2D eigenvalue weighted by Crippen LogP contribution is -2.03. The normalized spacial score (nSPS) is 10.3. The molecule has 1 aromatic carbocycles. The third-order valence-electron chi connectivity index (χ3n) is 2.67. The topological polar surface area (TPSA) is 48.4 Å². The van der Waals surface area contributed by atoms with Crippen LogP contribution < -0.4 is 4.74 Å². The zero-order valence-corrected chi connectivity index (χ0v) is 12.6. The minimum Gasteiger partial charge on any atom is -0.494 e. The molecule has 0 amide bonds. The molecule has 1 heterocycles. The highest BCUT2D eigenvalue weighted by atomic mass is 32.1. The van der Waals surface area contributed by atoms with Gasteiger partial charge in [0.1, 0.15) is 15.6 Å². The molecule has 20 heavy (non-hydrogen) atoms. The van der Waals surface area contributed by atoms with Crippen LogP contribution in [-0.4, -0.2) is 24.2 Å². The number of nitrogens with zero attached hydrogens (tertiary/aromatic N) is 1. The lowest BCUT2D eigenvalue weighted by molar-refractivity contribution is 0.0531. The summed E-state index contributed by atoms with van der Waals surface area (Å²) in [6, 6.07) is 7.69. The maximum Gasteiger partial charge on any atom is 0.350 e. The van der Waals surface area contributed by atoms with Crippen LogP contribution in [0.3, 0.4) is 0 Å². The minimum absolute atomic E-state index is 0.306. The van der Waals surface area contributed by atoms with Crippen molar-refractivity contribution in [3.63, 3.8) is 0 Å². The smallest absolute Gasteiger partial charge is 0.350 e. The molecule has 0 atom stereocenters. The second-order valence-corrected chi connectivity index (χ2v) is 5.11. The molecule has 2 rings (SSSR count). The summed E-state index contributed by atoms with van der Waals surface area (Å²) in [4.78, 5) is 16.8. The number of ether oxygens (including phenoxy) is 2. The Morgan fingerprint density at radius 3 is 2.50 bits per heavy atom. The maximum atomic E-state index is 11.8. The number of carbonyl (C=O) groups excluding carboxylic acids is 1. The van der Waals surface area contributed by atoms with E-state index in [9.17, 15) is 4.79 Å². The first-order valence-electron chi connectivity index (χ1n) is 6.53. The van der Waals surface area contributed by atoms with Gasteiger partial charge in [-0.1, -0.05) is 0 Å². The maximum absolute atomic E-state index is 11.8. The van der Waals surface area contributed by atoms with Gasteiger partial charge in [0, 0.05) is 5.56 Å². The summed E-state index contributed by atoms with van der Waals surface area (Å²) in [6.07, 6.45) is 0. The first kappa shape index (κ1) is 14.5. The van der Waals surface area contributed by atoms with Crippen molar-refractivity contribution >= 4 is 17.3 Å². The molecule has 0 unspecified atom stereocenters. The van der Waals surface area contributed by atoms with Crippen molar-refractivity contribution in [3.8, 4) is 16.3 Å². The van der Waals surface area contributed by atoms with Crippen LogP contribution in [0.1, 0.15) is 29.2 Å². The summed E-state index contributed by atoms with van der Waals surface area (Å²) >= 11 is 1.35. The molecular formula is C15H17NO3S. The Morgan fingerprint density at radius 2 is 1.90 bits per heavy atom. The lowest BCUT2D eigenvalue weighted by atomic mass is 10.2. The SMILES string of the molecule is CCOC(=O)c1sc(-c2ccc(OCC)cc2)nc1C. The molecule has 0 saturated carbocycles. The van der Waals surface area contributed by atoms with E-state index < -0.39 is 0 Å². The molecule has 0 spiro atoms. The summed E-state index contributed by atoms with van der Waals surface area (Å²) in [6.45, 7) is 6.57. The summed E-state index contributed by atoms with van der Waals surface area (Å²) in [5.41, 5.74) is 1.68. The van der Waals surface area contributed by atoms with Crippen LogP contribution in [0.2, 0.25) is 0 Å². The standard InChI is InChI=1S/C15H17NO3S/c1-4-18-12-8-6-11(7-9-12)14-16-10(3)13(20-14)15(17)19-5-2/h6-9H,4-5H2,1-3H3. The van der Waals surface area contributed by atoms with E-state index in [1.807, 2.05) is 38.1 Å². The molecule has 0 aliphatic rings. The monoisotopic (exact) mass is 291 g/mol. The Bertz CT molecular complexity index is 590. The van der Waals surface area contributed by atoms with Gasteiger partial charge < -0.3 is 9.47 Å². The van der Waals surface area contributed by atoms with Crippen LogP contribution in [0.15, 0.2) is 24.3 Å². The van der Waals surface area contributed by atoms with Gasteiger partial charge in [-0.3, -0.25) is 0 Å². The van der Waals surface area contributed by atoms with Crippen LogP contribution in [0.25, 0.3) is 10.6 Å². The highest BCUT2D eigenvalue weighted by Gasteiger charge is 2.17. The van der Waals surface area contributed by atoms with E-state index in [2.05, 4.69) is 4.98 Å². The molecule has 1 aromatic heterocycles. The van der Waals surface area contributed by atoms with E-state index in [0.717, 1.165) is 16.3 Å². The van der Waals surface area contributed by atoms with Gasteiger partial charge in [0.05, 0.1) is 18.9 Å². The van der Waals surface area contributed by atoms with Gasteiger partial charge in [-0.05, 0) is 45.0 Å². The first-order chi connectivity index (χ1) is 9.65. The predicted molar refractivity (Wildman–Crippen MR) is 79.4 cm³/mol. The van der Waals surface area contributed by atoms with Gasteiger partial charge in [0.25, 0.3) is 0 Å². The van der Waals surface area contributed by atoms with E-state index in [-0.39, 0.29) is 5.97 Å². The summed E-state index contributed by atoms with van der Waals surface area (Å²) in [5.74, 6) is 0.523. The number of aryl methyl sites for hydroxylation is 1. The molecule has 0 fully saturated rings. The van der Waals surface area contributed by atoms with Crippen molar-refractivity contribution in [1.29, 1.82) is 0 Å². The van der Waals surface area contributed by atoms with Crippen LogP contribution in [0.4, 0.5) is 0 Å². The molecule has 2 aromatic rings. The number of thiazole rings is 1. The molecule has 0 aliphatic carbocycles. The van der Waals surface area contributed by atoms with Crippen molar-refractivity contribution in [2.45, 2.75) is 20.8 Å². The van der Waals surface area contributed by atoms with E-state index >= 15 is 0 Å². The molecule has 0 saturated heterocycles. The zero-order valence-electron chi connectivity index (χ0n) is 11.8. The number of hydrogen-bond acceptors (Lipinski definition) is 5. The number of hydrogen-bond donors (Lipinski definition) is 0. The second kappa shape index (κ2) is 6.52. The number of aromatic nitrogens is 1. The number of rotatable bonds is 5. The number of carbonyl (C=O) groups is 1. The predicted octanol–water partition coefficient (Wildman–Crippen LogP) is 3.69. The van der Waals surface area contributed by atoms with E-state index in [0.29, 0.717) is 23.8 Å². The Labute approximate surface area is 122 Å². The van der Waals surface area contributed by atoms with Crippen molar-refractivity contribution in [2.75, 3.05) is 13.2 Å². The van der Waals surface area contributed by atoms with Crippen LogP contribution >= 0.6 is 11.3 Å². The largest absolute Gasteiger partial charge is 0.494 e. The fourth-order valence-electron chi connectivity index (χ4n) is 1.77. The van der Waals surface area contributed by atoms with Gasteiger partial charge in [-0.2, -0.15) is 0 Å². The van der Waals surface area contributed by atoms with Crippen LogP contribution in [0.5, 0.6) is 5.75 Å². The molecule has 0 bridgehead atoms. The van der Waals surface area contributed by atoms with E-state index in [1.165, 1.54) is 11.3 Å². The average molecular weight is 291 g/mol. The fraction of sp³-hybridized carbons (Fsp3) is 0.333. The Balaban J connectivity index is 2.25. The second-order valence-electron chi connectivity index (χ2n) is 4.11. The first-order valence-corrected chi connectivity index (χ1v) is 7.35. The van der Waals surface area contributed by atoms with Crippen LogP contribution in [0, 0.1) is 6.92 Å². The van der Waals surface area contributed by atoms with Gasteiger partial charge in [-0.15, -0.1) is 11.3 Å². The highest BCUT2D eigenvalue weighted by Crippen LogP contribution is 2.29. The van der Waals surface area contributed by atoms with Crippen molar-refractivity contribution in [3.05, 3.63) is 34.8 Å². The molecular weight excluding hydrogens is 274 g/mol. The van der Waals surface area contributed by atoms with Gasteiger partial charge in [-0.25, -0.2) is 9.78 Å². The van der Waals surface area contributed by atoms with Gasteiger partial charge in [0.2, 0.25) is 0 Å². The number of benzene rings is 1. The highest BCUT2D eigenvalue weighted by molar-refractivity contribution is 7.17. The van der Waals surface area contributed by atoms with Crippen LogP contribution in [-0.2, 0) is 4.74 Å². The molecule has 0 N–H and O–H groups in total. The Hall–Kier alpha value is -1.88. The molecule has 0 aliphatic heterocycles. The zero-order chi connectivity index (χ0) is 14.5. The summed E-state index contributed by atoms with van der Waals surface area (Å²) < 4.78 is 10.4. The van der Waals surface area contributed by atoms with Gasteiger partial charge in [0.15, 0.2) is 0 Å². The van der Waals surface area contributed by atoms with E-state index in [1.54, 1.807) is 6.92 Å². The van der Waals surface area contributed by atoms with E-state index in [4.69, 9.17) is 9.47 Å².